The molecule has 0 aliphatic carbocycles. The van der Waals surface area contributed by atoms with Crippen molar-refractivity contribution in [3.63, 3.8) is 0 Å². The largest absolute Gasteiger partial charge is 0.573 e. The van der Waals surface area contributed by atoms with Crippen LogP contribution in [0.1, 0.15) is 25.5 Å². The summed E-state index contributed by atoms with van der Waals surface area (Å²) < 4.78 is 39.8. The predicted molar refractivity (Wildman–Crippen MR) is 65.5 cm³/mol. The second-order valence-electron chi connectivity index (χ2n) is 4.57. The Balaban J connectivity index is 2.93. The number of hydrogen-bond donors (Lipinski definition) is 2. The lowest BCUT2D eigenvalue weighted by Gasteiger charge is -2.30. The summed E-state index contributed by atoms with van der Waals surface area (Å²) in [6, 6.07) is 4.84. The summed E-state index contributed by atoms with van der Waals surface area (Å²) in [7, 11) is 0. The zero-order valence-corrected chi connectivity index (χ0v) is 10.7. The van der Waals surface area contributed by atoms with Gasteiger partial charge in [-0.1, -0.05) is 18.7 Å². The topological polar surface area (TPSA) is 41.5 Å². The van der Waals surface area contributed by atoms with Crippen molar-refractivity contribution in [1.82, 2.24) is 5.32 Å². The normalized spacial score (nSPS) is 13.8. The minimum atomic E-state index is -4.71. The molecule has 1 atom stereocenters. The highest BCUT2D eigenvalue weighted by Crippen LogP contribution is 2.28. The molecular formula is C13H16F3NO2. The molecule has 1 unspecified atom stereocenters. The number of nitrogens with one attached hydrogen (secondary N) is 1. The van der Waals surface area contributed by atoms with Gasteiger partial charge in [-0.25, -0.2) is 0 Å². The Morgan fingerprint density at radius 1 is 1.26 bits per heavy atom. The number of rotatable bonds is 5. The molecule has 2 N–H and O–H groups in total. The molecule has 1 aromatic rings. The third-order valence-electron chi connectivity index (χ3n) is 2.44. The van der Waals surface area contributed by atoms with Crippen LogP contribution in [-0.2, 0) is 0 Å². The maximum Gasteiger partial charge on any atom is 0.573 e. The number of alkyl halides is 3. The zero-order chi connectivity index (χ0) is 14.7. The number of benzene rings is 1. The molecule has 19 heavy (non-hydrogen) atoms. The number of hydrogen-bond acceptors (Lipinski definition) is 3. The van der Waals surface area contributed by atoms with Crippen LogP contribution >= 0.6 is 0 Å². The summed E-state index contributed by atoms with van der Waals surface area (Å²) in [5.74, 6) is -0.302. The molecule has 3 nitrogen and oxygen atoms in total. The average Bonchev–Trinajstić information content (AvgIpc) is 2.23. The van der Waals surface area contributed by atoms with Gasteiger partial charge in [-0.3, -0.25) is 0 Å². The minimum Gasteiger partial charge on any atom is -0.406 e. The van der Waals surface area contributed by atoms with Crippen molar-refractivity contribution in [2.45, 2.75) is 31.9 Å². The van der Waals surface area contributed by atoms with Crippen LogP contribution in [0.4, 0.5) is 13.2 Å². The van der Waals surface area contributed by atoms with E-state index in [1.54, 1.807) is 13.8 Å². The summed E-state index contributed by atoms with van der Waals surface area (Å²) in [4.78, 5) is 0. The fourth-order valence-corrected chi connectivity index (χ4v) is 1.69. The highest BCUT2D eigenvalue weighted by atomic mass is 19.4. The van der Waals surface area contributed by atoms with Gasteiger partial charge >= 0.3 is 6.36 Å². The first-order valence-corrected chi connectivity index (χ1v) is 5.58. The van der Waals surface area contributed by atoms with Gasteiger partial charge in [0.1, 0.15) is 5.75 Å². The molecule has 1 aromatic carbocycles. The number of aliphatic hydroxyl groups is 1. The van der Waals surface area contributed by atoms with Crippen molar-refractivity contribution in [3.8, 4) is 5.75 Å². The summed E-state index contributed by atoms with van der Waals surface area (Å²) in [5.41, 5.74) is -0.470. The first-order chi connectivity index (χ1) is 8.63. The molecule has 106 valence electrons. The maximum absolute atomic E-state index is 12.0. The Hall–Kier alpha value is -1.69. The molecule has 0 heterocycles. The van der Waals surface area contributed by atoms with E-state index < -0.39 is 18.0 Å². The highest BCUT2D eigenvalue weighted by molar-refractivity contribution is 5.30. The number of halogens is 3. The van der Waals surface area contributed by atoms with E-state index in [9.17, 15) is 18.3 Å². The Morgan fingerprint density at radius 2 is 1.79 bits per heavy atom. The molecule has 6 heteroatoms. The lowest BCUT2D eigenvalue weighted by Crippen LogP contribution is -2.36. The fourth-order valence-electron chi connectivity index (χ4n) is 1.69. The third-order valence-corrected chi connectivity index (χ3v) is 2.44. The van der Waals surface area contributed by atoms with Crippen LogP contribution in [0.3, 0.4) is 0 Å². The fraction of sp³-hybridized carbons (Fsp3) is 0.385. The predicted octanol–water partition coefficient (Wildman–Crippen LogP) is 3.13. The van der Waals surface area contributed by atoms with E-state index in [1.807, 2.05) is 0 Å². The van der Waals surface area contributed by atoms with Gasteiger partial charge in [-0.2, -0.15) is 0 Å². The van der Waals surface area contributed by atoms with E-state index in [-0.39, 0.29) is 5.75 Å². The number of ether oxygens (including phenoxy) is 1. The summed E-state index contributed by atoms with van der Waals surface area (Å²) in [5, 5.41) is 12.9. The van der Waals surface area contributed by atoms with Crippen LogP contribution in [0.2, 0.25) is 0 Å². The van der Waals surface area contributed by atoms with Crippen molar-refractivity contribution in [3.05, 3.63) is 42.6 Å². The van der Waals surface area contributed by atoms with Gasteiger partial charge in [0, 0.05) is 0 Å². The van der Waals surface area contributed by atoms with E-state index in [0.717, 1.165) is 0 Å². The molecule has 0 saturated heterocycles. The highest BCUT2D eigenvalue weighted by Gasteiger charge is 2.31. The Bertz CT molecular complexity index is 421. The van der Waals surface area contributed by atoms with Crippen molar-refractivity contribution in [1.29, 1.82) is 0 Å². The summed E-state index contributed by atoms with van der Waals surface area (Å²) in [6.07, 6.45) is -3.29. The molecule has 0 amide bonds. The lowest BCUT2D eigenvalue weighted by molar-refractivity contribution is -0.274. The Kier molecular flexibility index (Phi) is 4.47. The monoisotopic (exact) mass is 275 g/mol. The molecule has 0 spiro atoms. The van der Waals surface area contributed by atoms with Gasteiger partial charge in [0.15, 0.2) is 0 Å². The molecule has 0 fully saturated rings. The van der Waals surface area contributed by atoms with Crippen LogP contribution in [0.25, 0.3) is 0 Å². The van der Waals surface area contributed by atoms with Gasteiger partial charge in [0.05, 0.1) is 11.6 Å². The van der Waals surface area contributed by atoms with Crippen molar-refractivity contribution in [2.75, 3.05) is 0 Å². The zero-order valence-electron chi connectivity index (χ0n) is 10.7. The van der Waals surface area contributed by atoms with E-state index in [2.05, 4.69) is 16.6 Å². The molecule has 0 aromatic heterocycles. The summed E-state index contributed by atoms with van der Waals surface area (Å²) >= 11 is 0. The van der Waals surface area contributed by atoms with Crippen LogP contribution in [0.5, 0.6) is 5.75 Å². The second-order valence-corrected chi connectivity index (χ2v) is 4.57. The average molecular weight is 275 g/mol. The standard InChI is InChI=1S/C13H16F3NO2/c1-4-17-11(12(2,3)18)9-5-7-10(8-6-9)19-13(14,15)16/h4-8,11,17-18H,1H2,2-3H3. The van der Waals surface area contributed by atoms with Gasteiger partial charge in [0.2, 0.25) is 0 Å². The van der Waals surface area contributed by atoms with E-state index in [4.69, 9.17) is 0 Å². The van der Waals surface area contributed by atoms with E-state index >= 15 is 0 Å². The smallest absolute Gasteiger partial charge is 0.406 e. The van der Waals surface area contributed by atoms with Gasteiger partial charge < -0.3 is 15.2 Å². The quantitative estimate of drug-likeness (QED) is 0.867. The minimum absolute atomic E-state index is 0.302. The van der Waals surface area contributed by atoms with E-state index in [0.29, 0.717) is 5.56 Å². The molecule has 0 saturated carbocycles. The SMILES string of the molecule is C=CNC(c1ccc(OC(F)(F)F)cc1)C(C)(C)O. The first-order valence-electron chi connectivity index (χ1n) is 5.58. The lowest BCUT2D eigenvalue weighted by atomic mass is 9.92. The Morgan fingerprint density at radius 3 is 2.16 bits per heavy atom. The van der Waals surface area contributed by atoms with Crippen molar-refractivity contribution >= 4 is 0 Å². The first kappa shape index (κ1) is 15.4. The molecule has 0 radical (unpaired) electrons. The molecular weight excluding hydrogens is 259 g/mol. The van der Waals surface area contributed by atoms with Gasteiger partial charge in [0.25, 0.3) is 0 Å². The van der Waals surface area contributed by atoms with Gasteiger partial charge in [-0.15, -0.1) is 13.2 Å². The molecule has 0 bridgehead atoms. The summed E-state index contributed by atoms with van der Waals surface area (Å²) in [6.45, 7) is 6.69. The van der Waals surface area contributed by atoms with Crippen LogP contribution in [0, 0.1) is 0 Å². The second kappa shape index (κ2) is 5.52. The molecule has 0 aliphatic rings. The van der Waals surface area contributed by atoms with Gasteiger partial charge in [-0.05, 0) is 37.7 Å². The van der Waals surface area contributed by atoms with Crippen LogP contribution in [0.15, 0.2) is 37.0 Å². The molecule has 0 aliphatic heterocycles. The van der Waals surface area contributed by atoms with Crippen molar-refractivity contribution in [2.24, 2.45) is 0 Å². The van der Waals surface area contributed by atoms with Crippen molar-refractivity contribution < 1.29 is 23.0 Å². The molecule has 1 rings (SSSR count). The maximum atomic E-state index is 12.0. The van der Waals surface area contributed by atoms with Crippen LogP contribution in [-0.4, -0.2) is 17.1 Å². The van der Waals surface area contributed by atoms with Crippen LogP contribution < -0.4 is 10.1 Å². The Labute approximate surface area is 109 Å². The third kappa shape index (κ3) is 4.82. The van der Waals surface area contributed by atoms with E-state index in [1.165, 1.54) is 30.5 Å².